The number of hydrogen-bond donors (Lipinski definition) is 2. The molecule has 0 aliphatic carbocycles. The number of nitrogens with one attached hydrogen (secondary N) is 2. The largest absolute Gasteiger partial charge is 0.468 e. The Kier molecular flexibility index (Phi) is 6.80. The fraction of sp³-hybridized carbons (Fsp3) is 0.250. The molecule has 2 N–H and O–H groups in total. The Bertz CT molecular complexity index is 1170. The second kappa shape index (κ2) is 9.51. The van der Waals surface area contributed by atoms with Crippen LogP contribution in [0.2, 0.25) is 0 Å². The van der Waals surface area contributed by atoms with Gasteiger partial charge in [0.1, 0.15) is 11.5 Å². The third-order valence-electron chi connectivity index (χ3n) is 4.24. The highest BCUT2D eigenvalue weighted by molar-refractivity contribution is 7.89. The van der Waals surface area contributed by atoms with Gasteiger partial charge in [-0.2, -0.15) is 5.10 Å². The van der Waals surface area contributed by atoms with Crippen LogP contribution in [0.25, 0.3) is 0 Å². The Hall–Kier alpha value is -3.24. The molecule has 0 bridgehead atoms. The molecule has 2 aromatic heterocycles. The molecular formula is C20H22N4O5S. The van der Waals surface area contributed by atoms with Crippen LogP contribution < -0.4 is 15.6 Å². The quantitative estimate of drug-likeness (QED) is 0.537. The fourth-order valence-corrected chi connectivity index (χ4v) is 3.68. The highest BCUT2D eigenvalue weighted by atomic mass is 32.2. The maximum Gasteiger partial charge on any atom is 0.276 e. The summed E-state index contributed by atoms with van der Waals surface area (Å²) in [7, 11) is -3.80. The molecule has 0 saturated heterocycles. The zero-order chi connectivity index (χ0) is 21.6. The molecule has 9 nitrogen and oxygen atoms in total. The van der Waals surface area contributed by atoms with Crippen LogP contribution in [0.4, 0.5) is 5.69 Å². The molecule has 3 aromatic rings. The van der Waals surface area contributed by atoms with E-state index in [1.807, 2.05) is 6.92 Å². The number of unbranched alkanes of at least 4 members (excludes halogenated alkanes) is 1. The minimum absolute atomic E-state index is 0.00673. The topological polar surface area (TPSA) is 123 Å². The monoisotopic (exact) mass is 430 g/mol. The van der Waals surface area contributed by atoms with Crippen molar-refractivity contribution in [3.63, 3.8) is 0 Å². The van der Waals surface area contributed by atoms with E-state index in [4.69, 9.17) is 4.42 Å². The third kappa shape index (κ3) is 5.43. The summed E-state index contributed by atoms with van der Waals surface area (Å²) in [6.45, 7) is 2.42. The number of rotatable bonds is 9. The molecule has 30 heavy (non-hydrogen) atoms. The zero-order valence-electron chi connectivity index (χ0n) is 16.4. The van der Waals surface area contributed by atoms with E-state index < -0.39 is 15.9 Å². The minimum Gasteiger partial charge on any atom is -0.468 e. The van der Waals surface area contributed by atoms with E-state index in [2.05, 4.69) is 15.1 Å². The van der Waals surface area contributed by atoms with Gasteiger partial charge in [-0.3, -0.25) is 9.59 Å². The van der Waals surface area contributed by atoms with Gasteiger partial charge < -0.3 is 9.73 Å². The predicted octanol–water partition coefficient (Wildman–Crippen LogP) is 2.37. The predicted molar refractivity (Wildman–Crippen MR) is 111 cm³/mol. The van der Waals surface area contributed by atoms with Gasteiger partial charge in [0.2, 0.25) is 10.0 Å². The molecule has 0 atom stereocenters. The molecule has 158 valence electrons. The number of furan rings is 1. The molecule has 3 rings (SSSR count). The Morgan fingerprint density at radius 1 is 1.17 bits per heavy atom. The first-order valence-corrected chi connectivity index (χ1v) is 10.9. The van der Waals surface area contributed by atoms with Crippen molar-refractivity contribution in [2.45, 2.75) is 37.8 Å². The van der Waals surface area contributed by atoms with Crippen molar-refractivity contribution in [1.29, 1.82) is 0 Å². The van der Waals surface area contributed by atoms with Gasteiger partial charge in [0.25, 0.3) is 11.5 Å². The van der Waals surface area contributed by atoms with Crippen LogP contribution in [0.15, 0.2) is 68.9 Å². The Labute approximate surface area is 173 Å². The second-order valence-electron chi connectivity index (χ2n) is 6.52. The van der Waals surface area contributed by atoms with Gasteiger partial charge in [-0.15, -0.1) is 0 Å². The maximum absolute atomic E-state index is 12.5. The van der Waals surface area contributed by atoms with Crippen LogP contribution >= 0.6 is 0 Å². The van der Waals surface area contributed by atoms with Gasteiger partial charge in [0, 0.05) is 18.3 Å². The molecule has 0 saturated carbocycles. The summed E-state index contributed by atoms with van der Waals surface area (Å²) in [5, 5.41) is 6.70. The van der Waals surface area contributed by atoms with Crippen LogP contribution in [-0.2, 0) is 23.1 Å². The summed E-state index contributed by atoms with van der Waals surface area (Å²) in [6.07, 6.45) is 3.11. The number of aryl methyl sites for hydroxylation is 1. The fourth-order valence-electron chi connectivity index (χ4n) is 2.64. The molecule has 2 heterocycles. The SMILES string of the molecule is CCCCn1nc(C(=O)Nc2cccc(S(=O)(=O)NCc3ccco3)c2)ccc1=O. The van der Waals surface area contributed by atoms with Gasteiger partial charge in [-0.05, 0) is 42.8 Å². The smallest absolute Gasteiger partial charge is 0.276 e. The number of carbonyl (C=O) groups excluding carboxylic acids is 1. The zero-order valence-corrected chi connectivity index (χ0v) is 17.2. The van der Waals surface area contributed by atoms with Crippen molar-refractivity contribution >= 4 is 21.6 Å². The Morgan fingerprint density at radius 3 is 2.73 bits per heavy atom. The number of amides is 1. The number of anilines is 1. The van der Waals surface area contributed by atoms with Gasteiger partial charge in [0.05, 0.1) is 17.7 Å². The van der Waals surface area contributed by atoms with Gasteiger partial charge in [0.15, 0.2) is 0 Å². The highest BCUT2D eigenvalue weighted by Gasteiger charge is 2.16. The van der Waals surface area contributed by atoms with Crippen molar-refractivity contribution in [2.24, 2.45) is 0 Å². The maximum atomic E-state index is 12.5. The summed E-state index contributed by atoms with van der Waals surface area (Å²) in [4.78, 5) is 24.4. The van der Waals surface area contributed by atoms with Crippen LogP contribution in [0.1, 0.15) is 36.0 Å². The van der Waals surface area contributed by atoms with E-state index in [9.17, 15) is 18.0 Å². The van der Waals surface area contributed by atoms with Crippen LogP contribution in [-0.4, -0.2) is 24.1 Å². The molecular weight excluding hydrogens is 408 g/mol. The van der Waals surface area contributed by atoms with E-state index in [0.29, 0.717) is 12.3 Å². The Morgan fingerprint density at radius 2 is 2.00 bits per heavy atom. The van der Waals surface area contributed by atoms with E-state index >= 15 is 0 Å². The van der Waals surface area contributed by atoms with Crippen molar-refractivity contribution in [2.75, 3.05) is 5.32 Å². The molecule has 0 unspecified atom stereocenters. The van der Waals surface area contributed by atoms with E-state index in [1.165, 1.54) is 41.3 Å². The average Bonchev–Trinajstić information content (AvgIpc) is 3.26. The lowest BCUT2D eigenvalue weighted by molar-refractivity contribution is 0.101. The normalized spacial score (nSPS) is 11.4. The number of aromatic nitrogens is 2. The summed E-state index contributed by atoms with van der Waals surface area (Å²) in [5.74, 6) is -0.0642. The third-order valence-corrected chi connectivity index (χ3v) is 5.64. The van der Waals surface area contributed by atoms with Crippen LogP contribution in [0.5, 0.6) is 0 Å². The standard InChI is InChI=1S/C20H22N4O5S/c1-2-3-11-24-19(25)10-9-18(23-24)20(26)22-15-6-4-8-17(13-15)30(27,28)21-14-16-7-5-12-29-16/h4-10,12-13,21H,2-3,11,14H2,1H3,(H,22,26). The van der Waals surface area contributed by atoms with Gasteiger partial charge >= 0.3 is 0 Å². The lowest BCUT2D eigenvalue weighted by Gasteiger charge is -2.10. The van der Waals surface area contributed by atoms with E-state index in [-0.39, 0.29) is 28.4 Å². The minimum atomic E-state index is -3.80. The van der Waals surface area contributed by atoms with Gasteiger partial charge in [-0.25, -0.2) is 17.8 Å². The first-order valence-electron chi connectivity index (χ1n) is 9.40. The summed E-state index contributed by atoms with van der Waals surface area (Å²) >= 11 is 0. The number of benzene rings is 1. The first-order chi connectivity index (χ1) is 14.4. The van der Waals surface area contributed by atoms with Crippen molar-refractivity contribution < 1.29 is 17.6 Å². The highest BCUT2D eigenvalue weighted by Crippen LogP contribution is 2.16. The van der Waals surface area contributed by atoms with E-state index in [0.717, 1.165) is 12.8 Å². The summed E-state index contributed by atoms with van der Waals surface area (Å²) in [5.41, 5.74) is 0.0691. The van der Waals surface area contributed by atoms with Crippen molar-refractivity contribution in [3.8, 4) is 0 Å². The molecule has 1 amide bonds. The number of hydrogen-bond acceptors (Lipinski definition) is 6. The lowest BCUT2D eigenvalue weighted by atomic mass is 10.3. The molecule has 10 heteroatoms. The van der Waals surface area contributed by atoms with Crippen molar-refractivity contribution in [3.05, 3.63) is 76.6 Å². The van der Waals surface area contributed by atoms with Gasteiger partial charge in [-0.1, -0.05) is 19.4 Å². The number of nitrogens with zero attached hydrogens (tertiary/aromatic N) is 2. The molecule has 0 spiro atoms. The first kappa shape index (κ1) is 21.5. The van der Waals surface area contributed by atoms with Crippen molar-refractivity contribution in [1.82, 2.24) is 14.5 Å². The average molecular weight is 430 g/mol. The Balaban J connectivity index is 1.73. The number of carbonyl (C=O) groups is 1. The molecule has 1 aromatic carbocycles. The molecule has 0 aliphatic heterocycles. The molecule has 0 aliphatic rings. The summed E-state index contributed by atoms with van der Waals surface area (Å²) in [6, 6.07) is 11.8. The second-order valence-corrected chi connectivity index (χ2v) is 8.29. The van der Waals surface area contributed by atoms with Crippen LogP contribution in [0, 0.1) is 0 Å². The number of sulfonamides is 1. The molecule has 0 fully saturated rings. The summed E-state index contributed by atoms with van der Waals surface area (Å²) < 4.78 is 33.8. The van der Waals surface area contributed by atoms with Crippen LogP contribution in [0.3, 0.4) is 0 Å². The van der Waals surface area contributed by atoms with E-state index in [1.54, 1.807) is 18.2 Å². The molecule has 0 radical (unpaired) electrons. The lowest BCUT2D eigenvalue weighted by Crippen LogP contribution is -2.26.